The molecule has 0 radical (unpaired) electrons. The second kappa shape index (κ2) is 5.93. The Morgan fingerprint density at radius 3 is 3.05 bits per heavy atom. The Kier molecular flexibility index (Phi) is 4.04. The van der Waals surface area contributed by atoms with Crippen LogP contribution in [0.2, 0.25) is 0 Å². The van der Waals surface area contributed by atoms with Crippen molar-refractivity contribution in [1.29, 1.82) is 0 Å². The van der Waals surface area contributed by atoms with Gasteiger partial charge in [0, 0.05) is 23.5 Å². The summed E-state index contributed by atoms with van der Waals surface area (Å²) in [6, 6.07) is 11.2. The van der Waals surface area contributed by atoms with Gasteiger partial charge in [-0.15, -0.1) is 0 Å². The van der Waals surface area contributed by atoms with Gasteiger partial charge in [0.25, 0.3) is 0 Å². The third kappa shape index (κ3) is 3.28. The van der Waals surface area contributed by atoms with Gasteiger partial charge in [-0.2, -0.15) is 0 Å². The summed E-state index contributed by atoms with van der Waals surface area (Å²) < 4.78 is 6.54. The standard InChI is InChI=1S/C16H18BrNO/c17-14-5-3-13-11-15(6-4-12(13)10-14)18-8-7-16-2-1-9-19-16/h1-3,5,9-10,15,18H,4,6-8,11H2. The number of halogens is 1. The van der Waals surface area contributed by atoms with Crippen LogP contribution in [0.5, 0.6) is 0 Å². The Labute approximate surface area is 122 Å². The number of furan rings is 1. The number of hydrogen-bond acceptors (Lipinski definition) is 2. The maximum Gasteiger partial charge on any atom is 0.105 e. The van der Waals surface area contributed by atoms with Crippen LogP contribution in [0, 0.1) is 0 Å². The predicted molar refractivity (Wildman–Crippen MR) is 80.4 cm³/mol. The van der Waals surface area contributed by atoms with Crippen LogP contribution >= 0.6 is 15.9 Å². The highest BCUT2D eigenvalue weighted by atomic mass is 79.9. The van der Waals surface area contributed by atoms with Crippen LogP contribution in [0.4, 0.5) is 0 Å². The van der Waals surface area contributed by atoms with Gasteiger partial charge in [0.2, 0.25) is 0 Å². The zero-order valence-corrected chi connectivity index (χ0v) is 12.4. The number of rotatable bonds is 4. The van der Waals surface area contributed by atoms with E-state index in [0.29, 0.717) is 6.04 Å². The minimum Gasteiger partial charge on any atom is -0.469 e. The summed E-state index contributed by atoms with van der Waals surface area (Å²) >= 11 is 3.54. The van der Waals surface area contributed by atoms with E-state index in [4.69, 9.17) is 4.42 Å². The number of benzene rings is 1. The summed E-state index contributed by atoms with van der Waals surface area (Å²) in [6.45, 7) is 0.990. The van der Waals surface area contributed by atoms with Crippen LogP contribution in [-0.4, -0.2) is 12.6 Å². The Balaban J connectivity index is 1.53. The molecular formula is C16H18BrNO. The first-order valence-corrected chi connectivity index (χ1v) is 7.63. The number of fused-ring (bicyclic) bond motifs is 1. The van der Waals surface area contributed by atoms with Crippen LogP contribution in [0.1, 0.15) is 23.3 Å². The Hall–Kier alpha value is -1.06. The lowest BCUT2D eigenvalue weighted by atomic mass is 9.88. The Morgan fingerprint density at radius 2 is 2.21 bits per heavy atom. The summed E-state index contributed by atoms with van der Waals surface area (Å²) in [7, 11) is 0. The zero-order valence-electron chi connectivity index (χ0n) is 10.9. The highest BCUT2D eigenvalue weighted by Crippen LogP contribution is 2.24. The van der Waals surface area contributed by atoms with Crippen molar-refractivity contribution in [3.8, 4) is 0 Å². The largest absolute Gasteiger partial charge is 0.469 e. The summed E-state index contributed by atoms with van der Waals surface area (Å²) in [6.07, 6.45) is 6.25. The summed E-state index contributed by atoms with van der Waals surface area (Å²) in [5.41, 5.74) is 2.99. The first kappa shape index (κ1) is 12.9. The molecule has 2 nitrogen and oxygen atoms in total. The van der Waals surface area contributed by atoms with Gasteiger partial charge in [0.15, 0.2) is 0 Å². The molecule has 3 rings (SSSR count). The molecule has 0 saturated heterocycles. The van der Waals surface area contributed by atoms with Crippen molar-refractivity contribution < 1.29 is 4.42 Å². The third-order valence-corrected chi connectivity index (χ3v) is 4.27. The van der Waals surface area contributed by atoms with Crippen molar-refractivity contribution in [2.24, 2.45) is 0 Å². The monoisotopic (exact) mass is 319 g/mol. The Morgan fingerprint density at radius 1 is 1.26 bits per heavy atom. The van der Waals surface area contributed by atoms with E-state index in [1.165, 1.54) is 28.4 Å². The van der Waals surface area contributed by atoms with Gasteiger partial charge in [0.05, 0.1) is 6.26 Å². The molecule has 3 heteroatoms. The normalized spacial score (nSPS) is 18.3. The molecule has 0 saturated carbocycles. The lowest BCUT2D eigenvalue weighted by Gasteiger charge is -2.25. The SMILES string of the molecule is Brc1ccc2c(c1)CCC(NCCc1ccco1)C2. The molecule has 0 amide bonds. The first-order valence-electron chi connectivity index (χ1n) is 6.84. The minimum absolute atomic E-state index is 0.601. The van der Waals surface area contributed by atoms with Crippen molar-refractivity contribution in [3.05, 3.63) is 58.0 Å². The van der Waals surface area contributed by atoms with Gasteiger partial charge >= 0.3 is 0 Å². The molecule has 1 aliphatic carbocycles. The van der Waals surface area contributed by atoms with E-state index in [-0.39, 0.29) is 0 Å². The molecule has 1 aromatic heterocycles. The molecule has 19 heavy (non-hydrogen) atoms. The van der Waals surface area contributed by atoms with Gasteiger partial charge in [-0.1, -0.05) is 22.0 Å². The molecule has 1 N–H and O–H groups in total. The molecule has 100 valence electrons. The molecule has 0 fully saturated rings. The number of hydrogen-bond donors (Lipinski definition) is 1. The van der Waals surface area contributed by atoms with Gasteiger partial charge in [0.1, 0.15) is 5.76 Å². The van der Waals surface area contributed by atoms with E-state index in [1.807, 2.05) is 12.1 Å². The number of aryl methyl sites for hydroxylation is 1. The molecule has 0 spiro atoms. The average Bonchev–Trinajstić information content (AvgIpc) is 2.92. The predicted octanol–water partition coefficient (Wildman–Crippen LogP) is 3.73. The summed E-state index contributed by atoms with van der Waals surface area (Å²) in [4.78, 5) is 0. The van der Waals surface area contributed by atoms with Crippen molar-refractivity contribution >= 4 is 15.9 Å². The van der Waals surface area contributed by atoms with Gasteiger partial charge in [-0.05, 0) is 54.7 Å². The van der Waals surface area contributed by atoms with Crippen LogP contribution < -0.4 is 5.32 Å². The molecule has 0 aliphatic heterocycles. The van der Waals surface area contributed by atoms with Gasteiger partial charge < -0.3 is 9.73 Å². The van der Waals surface area contributed by atoms with E-state index < -0.39 is 0 Å². The van der Waals surface area contributed by atoms with Crippen molar-refractivity contribution in [1.82, 2.24) is 5.32 Å². The van der Waals surface area contributed by atoms with Crippen molar-refractivity contribution in [2.45, 2.75) is 31.7 Å². The molecule has 0 bridgehead atoms. The van der Waals surface area contributed by atoms with Crippen LogP contribution in [0.15, 0.2) is 45.5 Å². The second-order valence-corrected chi connectivity index (χ2v) is 6.05. The molecule has 2 aromatic rings. The van der Waals surface area contributed by atoms with Crippen LogP contribution in [0.25, 0.3) is 0 Å². The first-order chi connectivity index (χ1) is 9.31. The van der Waals surface area contributed by atoms with E-state index in [0.717, 1.165) is 25.1 Å². The minimum atomic E-state index is 0.601. The third-order valence-electron chi connectivity index (χ3n) is 3.78. The fourth-order valence-corrected chi connectivity index (χ4v) is 3.16. The van der Waals surface area contributed by atoms with Gasteiger partial charge in [-0.25, -0.2) is 0 Å². The smallest absolute Gasteiger partial charge is 0.105 e. The Bertz CT molecular complexity index is 536. The van der Waals surface area contributed by atoms with Crippen molar-refractivity contribution in [2.75, 3.05) is 6.54 Å². The average molecular weight is 320 g/mol. The molecule has 1 aliphatic rings. The molecule has 1 aromatic carbocycles. The highest BCUT2D eigenvalue weighted by Gasteiger charge is 2.18. The molecule has 1 atom stereocenters. The maximum absolute atomic E-state index is 5.35. The fraction of sp³-hybridized carbons (Fsp3) is 0.375. The lowest BCUT2D eigenvalue weighted by Crippen LogP contribution is -2.35. The van der Waals surface area contributed by atoms with Crippen molar-refractivity contribution in [3.63, 3.8) is 0 Å². The van der Waals surface area contributed by atoms with Gasteiger partial charge in [-0.3, -0.25) is 0 Å². The van der Waals surface area contributed by atoms with E-state index >= 15 is 0 Å². The molecule has 1 heterocycles. The lowest BCUT2D eigenvalue weighted by molar-refractivity contribution is 0.441. The number of nitrogens with one attached hydrogen (secondary N) is 1. The quantitative estimate of drug-likeness (QED) is 0.928. The maximum atomic E-state index is 5.35. The molecular weight excluding hydrogens is 302 g/mol. The summed E-state index contributed by atoms with van der Waals surface area (Å²) in [5.74, 6) is 1.06. The fourth-order valence-electron chi connectivity index (χ4n) is 2.75. The van der Waals surface area contributed by atoms with E-state index in [9.17, 15) is 0 Å². The van der Waals surface area contributed by atoms with Crippen LogP contribution in [0.3, 0.4) is 0 Å². The topological polar surface area (TPSA) is 25.2 Å². The highest BCUT2D eigenvalue weighted by molar-refractivity contribution is 9.10. The second-order valence-electron chi connectivity index (χ2n) is 5.14. The molecule has 1 unspecified atom stereocenters. The van der Waals surface area contributed by atoms with E-state index in [1.54, 1.807) is 6.26 Å². The van der Waals surface area contributed by atoms with E-state index in [2.05, 4.69) is 39.4 Å². The zero-order chi connectivity index (χ0) is 13.1. The van der Waals surface area contributed by atoms with Crippen LogP contribution in [-0.2, 0) is 19.3 Å². The summed E-state index contributed by atoms with van der Waals surface area (Å²) in [5, 5.41) is 3.64.